The molecule has 1 aromatic rings. The zero-order valence-electron chi connectivity index (χ0n) is 11.6. The Bertz CT molecular complexity index is 611. The van der Waals surface area contributed by atoms with Gasteiger partial charge in [0.1, 0.15) is 5.78 Å². The predicted octanol–water partition coefficient (Wildman–Crippen LogP) is 2.69. The molecule has 0 spiro atoms. The van der Waals surface area contributed by atoms with Crippen LogP contribution in [-0.2, 0) is 4.79 Å². The highest BCUT2D eigenvalue weighted by atomic mass is 16.6. The van der Waals surface area contributed by atoms with E-state index in [0.717, 1.165) is 18.2 Å². The molecule has 1 rings (SSSR count). The number of ketones is 2. The molecule has 0 fully saturated rings. The first-order chi connectivity index (χ1) is 9.77. The van der Waals surface area contributed by atoms with Crippen LogP contribution in [0, 0.1) is 26.1 Å². The van der Waals surface area contributed by atoms with Crippen LogP contribution in [0.2, 0.25) is 0 Å². The first kappa shape index (κ1) is 16.4. The van der Waals surface area contributed by atoms with Crippen molar-refractivity contribution in [1.29, 1.82) is 0 Å². The first-order valence-corrected chi connectivity index (χ1v) is 6.26. The van der Waals surface area contributed by atoms with Gasteiger partial charge in [0.25, 0.3) is 0 Å². The van der Waals surface area contributed by atoms with Gasteiger partial charge in [0.2, 0.25) is 0 Å². The second-order valence-electron chi connectivity index (χ2n) is 4.59. The Balaban J connectivity index is 3.07. The van der Waals surface area contributed by atoms with Crippen molar-refractivity contribution in [3.63, 3.8) is 0 Å². The number of nitrogens with zero attached hydrogens (tertiary/aromatic N) is 2. The third-order valence-electron chi connectivity index (χ3n) is 3.19. The van der Waals surface area contributed by atoms with Crippen molar-refractivity contribution in [2.24, 2.45) is 5.92 Å². The predicted molar refractivity (Wildman–Crippen MR) is 73.2 cm³/mol. The molecule has 0 radical (unpaired) electrons. The summed E-state index contributed by atoms with van der Waals surface area (Å²) in [5, 5.41) is 21.5. The monoisotopic (exact) mass is 294 g/mol. The maximum atomic E-state index is 11.9. The fourth-order valence-corrected chi connectivity index (χ4v) is 1.66. The Morgan fingerprint density at radius 1 is 1.14 bits per heavy atom. The van der Waals surface area contributed by atoms with E-state index in [1.807, 2.05) is 6.92 Å². The van der Waals surface area contributed by atoms with E-state index in [1.165, 1.54) is 0 Å². The standard InChI is InChI=1S/C13H14N2O6/c1-3-8(2)12(16)7-13(17)9-4-5-10(14(18)19)11(6-9)15(20)21/h4-6,8H,3,7H2,1-2H3. The molecule has 1 unspecified atom stereocenters. The van der Waals surface area contributed by atoms with Crippen molar-refractivity contribution in [2.45, 2.75) is 26.7 Å². The van der Waals surface area contributed by atoms with Gasteiger partial charge in [-0.05, 0) is 12.5 Å². The number of nitro benzene ring substituents is 2. The molecule has 0 aliphatic carbocycles. The fraction of sp³-hybridized carbons (Fsp3) is 0.385. The average Bonchev–Trinajstić information content (AvgIpc) is 2.45. The lowest BCUT2D eigenvalue weighted by Crippen LogP contribution is -2.15. The van der Waals surface area contributed by atoms with Crippen molar-refractivity contribution in [3.8, 4) is 0 Å². The van der Waals surface area contributed by atoms with Gasteiger partial charge in [-0.3, -0.25) is 29.8 Å². The third kappa shape index (κ3) is 3.91. The van der Waals surface area contributed by atoms with Gasteiger partial charge >= 0.3 is 11.4 Å². The molecule has 0 amide bonds. The summed E-state index contributed by atoms with van der Waals surface area (Å²) >= 11 is 0. The number of Topliss-reactive ketones (excluding diaryl/α,β-unsaturated/α-hetero) is 2. The number of carbonyl (C=O) groups is 2. The number of benzene rings is 1. The highest BCUT2D eigenvalue weighted by molar-refractivity contribution is 6.08. The quantitative estimate of drug-likeness (QED) is 0.330. The molecule has 0 saturated carbocycles. The lowest BCUT2D eigenvalue weighted by atomic mass is 9.96. The lowest BCUT2D eigenvalue weighted by Gasteiger charge is -2.06. The molecule has 0 heterocycles. The second kappa shape index (κ2) is 6.69. The van der Waals surface area contributed by atoms with Gasteiger partial charge in [0.05, 0.1) is 16.3 Å². The Labute approximate surface area is 120 Å². The van der Waals surface area contributed by atoms with Crippen LogP contribution in [0.15, 0.2) is 18.2 Å². The normalized spacial score (nSPS) is 11.7. The fourth-order valence-electron chi connectivity index (χ4n) is 1.66. The molecule has 0 bridgehead atoms. The molecule has 21 heavy (non-hydrogen) atoms. The van der Waals surface area contributed by atoms with Crippen molar-refractivity contribution < 1.29 is 19.4 Å². The Morgan fingerprint density at radius 2 is 1.71 bits per heavy atom. The first-order valence-electron chi connectivity index (χ1n) is 6.26. The highest BCUT2D eigenvalue weighted by Crippen LogP contribution is 2.28. The minimum absolute atomic E-state index is 0.0797. The van der Waals surface area contributed by atoms with E-state index in [1.54, 1.807) is 6.92 Å². The van der Waals surface area contributed by atoms with Crippen LogP contribution in [0.25, 0.3) is 0 Å². The van der Waals surface area contributed by atoms with Crippen LogP contribution in [-0.4, -0.2) is 21.4 Å². The summed E-state index contributed by atoms with van der Waals surface area (Å²) < 4.78 is 0. The van der Waals surface area contributed by atoms with Gasteiger partial charge in [-0.15, -0.1) is 0 Å². The summed E-state index contributed by atoms with van der Waals surface area (Å²) in [7, 11) is 0. The van der Waals surface area contributed by atoms with E-state index < -0.39 is 27.0 Å². The SMILES string of the molecule is CCC(C)C(=O)CC(=O)c1ccc([N+](=O)[O-])c([N+](=O)[O-])c1. The minimum atomic E-state index is -0.925. The van der Waals surface area contributed by atoms with Crippen LogP contribution in [0.1, 0.15) is 37.0 Å². The molecule has 0 aliphatic heterocycles. The van der Waals surface area contributed by atoms with Gasteiger partial charge in [0.15, 0.2) is 5.78 Å². The van der Waals surface area contributed by atoms with Gasteiger partial charge in [-0.25, -0.2) is 0 Å². The molecular formula is C13H14N2O6. The van der Waals surface area contributed by atoms with Crippen molar-refractivity contribution in [1.82, 2.24) is 0 Å². The van der Waals surface area contributed by atoms with E-state index in [2.05, 4.69) is 0 Å². The summed E-state index contributed by atoms with van der Waals surface area (Å²) in [6, 6.07) is 2.86. The van der Waals surface area contributed by atoms with Crippen LogP contribution in [0.5, 0.6) is 0 Å². The molecule has 0 aliphatic rings. The molecule has 1 atom stereocenters. The van der Waals surface area contributed by atoms with Gasteiger partial charge in [0, 0.05) is 23.6 Å². The summed E-state index contributed by atoms with van der Waals surface area (Å²) in [5.74, 6) is -1.12. The lowest BCUT2D eigenvalue weighted by molar-refractivity contribution is -0.422. The molecule has 0 saturated heterocycles. The highest BCUT2D eigenvalue weighted by Gasteiger charge is 2.26. The minimum Gasteiger partial charge on any atom is -0.299 e. The number of hydrogen-bond donors (Lipinski definition) is 0. The number of carbonyl (C=O) groups excluding carboxylic acids is 2. The van der Waals surface area contributed by atoms with Crippen molar-refractivity contribution in [2.75, 3.05) is 0 Å². The Morgan fingerprint density at radius 3 is 2.19 bits per heavy atom. The molecule has 8 nitrogen and oxygen atoms in total. The topological polar surface area (TPSA) is 120 Å². The molecule has 8 heteroatoms. The van der Waals surface area contributed by atoms with E-state index >= 15 is 0 Å². The Hall–Kier alpha value is -2.64. The van der Waals surface area contributed by atoms with Crippen LogP contribution in [0.4, 0.5) is 11.4 Å². The van der Waals surface area contributed by atoms with E-state index in [9.17, 15) is 29.8 Å². The zero-order chi connectivity index (χ0) is 16.2. The molecule has 1 aromatic carbocycles. The summed E-state index contributed by atoms with van der Waals surface area (Å²) in [6.07, 6.45) is 0.219. The zero-order valence-corrected chi connectivity index (χ0v) is 11.6. The maximum Gasteiger partial charge on any atom is 0.346 e. The van der Waals surface area contributed by atoms with Crippen LogP contribution < -0.4 is 0 Å². The van der Waals surface area contributed by atoms with Crippen molar-refractivity contribution >= 4 is 22.9 Å². The van der Waals surface area contributed by atoms with E-state index in [0.29, 0.717) is 6.42 Å². The molecule has 112 valence electrons. The van der Waals surface area contributed by atoms with Gasteiger partial charge in [-0.2, -0.15) is 0 Å². The van der Waals surface area contributed by atoms with E-state index in [-0.39, 0.29) is 23.7 Å². The van der Waals surface area contributed by atoms with Crippen molar-refractivity contribution in [3.05, 3.63) is 44.0 Å². The summed E-state index contributed by atoms with van der Waals surface area (Å²) in [6.45, 7) is 3.50. The van der Waals surface area contributed by atoms with Crippen LogP contribution >= 0.6 is 0 Å². The second-order valence-corrected chi connectivity index (χ2v) is 4.59. The average molecular weight is 294 g/mol. The number of nitro groups is 2. The van der Waals surface area contributed by atoms with Gasteiger partial charge < -0.3 is 0 Å². The summed E-state index contributed by atoms with van der Waals surface area (Å²) in [4.78, 5) is 43.3. The smallest absolute Gasteiger partial charge is 0.299 e. The number of rotatable bonds is 7. The number of hydrogen-bond acceptors (Lipinski definition) is 6. The molecule has 0 aromatic heterocycles. The maximum absolute atomic E-state index is 11.9. The third-order valence-corrected chi connectivity index (χ3v) is 3.19. The largest absolute Gasteiger partial charge is 0.346 e. The Kier molecular flexibility index (Phi) is 5.23. The van der Waals surface area contributed by atoms with Gasteiger partial charge in [-0.1, -0.05) is 13.8 Å². The van der Waals surface area contributed by atoms with E-state index in [4.69, 9.17) is 0 Å². The van der Waals surface area contributed by atoms with Crippen LogP contribution in [0.3, 0.4) is 0 Å². The molecule has 0 N–H and O–H groups in total. The molecular weight excluding hydrogens is 280 g/mol. The summed E-state index contributed by atoms with van der Waals surface area (Å²) in [5.41, 5.74) is -1.53.